The van der Waals surface area contributed by atoms with Crippen LogP contribution in [0.3, 0.4) is 0 Å². The van der Waals surface area contributed by atoms with Gasteiger partial charge in [0.25, 0.3) is 0 Å². The molecule has 0 fully saturated rings. The number of rotatable bonds is 7. The number of hydrogen-bond donors (Lipinski definition) is 1. The van der Waals surface area contributed by atoms with Gasteiger partial charge in [-0.15, -0.1) is 0 Å². The molecule has 17 heavy (non-hydrogen) atoms. The average Bonchev–Trinajstić information content (AvgIpc) is 2.36. The Kier molecular flexibility index (Phi) is 6.18. The topological polar surface area (TPSA) is 61.5 Å². The van der Waals surface area contributed by atoms with Crippen molar-refractivity contribution in [1.82, 2.24) is 0 Å². The third kappa shape index (κ3) is 4.85. The molecule has 0 bridgehead atoms. The standard InChI is InChI=1S/C12H19NO3S/c1-15-7-8-17(14)9-12(13)10-3-5-11(16-2)6-4-10/h3-6,12H,7-9,13H2,1-2H3. The molecule has 0 heterocycles. The minimum absolute atomic E-state index is 0.210. The van der Waals surface area contributed by atoms with Gasteiger partial charge in [-0.2, -0.15) is 0 Å². The Balaban J connectivity index is 2.51. The van der Waals surface area contributed by atoms with E-state index in [1.807, 2.05) is 24.3 Å². The molecule has 1 rings (SSSR count). The average molecular weight is 257 g/mol. The summed E-state index contributed by atoms with van der Waals surface area (Å²) in [7, 11) is 2.28. The predicted molar refractivity (Wildman–Crippen MR) is 69.7 cm³/mol. The summed E-state index contributed by atoms with van der Waals surface area (Å²) in [6, 6.07) is 7.30. The van der Waals surface area contributed by atoms with Crippen molar-refractivity contribution in [2.45, 2.75) is 6.04 Å². The quantitative estimate of drug-likeness (QED) is 0.794. The van der Waals surface area contributed by atoms with Gasteiger partial charge in [0.2, 0.25) is 0 Å². The molecule has 1 aromatic carbocycles. The summed E-state index contributed by atoms with van der Waals surface area (Å²) in [5, 5.41) is 0. The Hall–Kier alpha value is -0.910. The van der Waals surface area contributed by atoms with E-state index in [2.05, 4.69) is 0 Å². The van der Waals surface area contributed by atoms with Crippen molar-refractivity contribution < 1.29 is 13.7 Å². The lowest BCUT2D eigenvalue weighted by molar-refractivity contribution is 0.218. The number of ether oxygens (including phenoxy) is 2. The zero-order valence-corrected chi connectivity index (χ0v) is 11.0. The second-order valence-electron chi connectivity index (χ2n) is 3.68. The van der Waals surface area contributed by atoms with Crippen LogP contribution in [0.5, 0.6) is 5.75 Å². The zero-order valence-electron chi connectivity index (χ0n) is 10.2. The van der Waals surface area contributed by atoms with Crippen molar-refractivity contribution >= 4 is 10.8 Å². The van der Waals surface area contributed by atoms with Crippen molar-refractivity contribution in [2.24, 2.45) is 5.73 Å². The molecule has 2 atom stereocenters. The highest BCUT2D eigenvalue weighted by atomic mass is 32.2. The van der Waals surface area contributed by atoms with Gasteiger partial charge in [0.15, 0.2) is 0 Å². The maximum Gasteiger partial charge on any atom is 0.118 e. The molecule has 5 heteroatoms. The Morgan fingerprint density at radius 3 is 2.47 bits per heavy atom. The van der Waals surface area contributed by atoms with Crippen LogP contribution >= 0.6 is 0 Å². The largest absolute Gasteiger partial charge is 0.497 e. The van der Waals surface area contributed by atoms with Crippen molar-refractivity contribution in [3.05, 3.63) is 29.8 Å². The minimum Gasteiger partial charge on any atom is -0.497 e. The fourth-order valence-electron chi connectivity index (χ4n) is 1.41. The molecular weight excluding hydrogens is 238 g/mol. The van der Waals surface area contributed by atoms with E-state index in [0.717, 1.165) is 11.3 Å². The molecule has 0 aliphatic rings. The second kappa shape index (κ2) is 7.42. The molecule has 0 saturated heterocycles. The minimum atomic E-state index is -0.939. The molecule has 0 amide bonds. The Bertz CT molecular complexity index is 353. The molecule has 1 aromatic rings. The lowest BCUT2D eigenvalue weighted by Crippen LogP contribution is -2.20. The molecule has 0 aliphatic carbocycles. The van der Waals surface area contributed by atoms with Crippen LogP contribution in [-0.2, 0) is 15.5 Å². The Labute approximate surface area is 105 Å². The molecule has 0 spiro atoms. The first-order valence-corrected chi connectivity index (χ1v) is 6.89. The highest BCUT2D eigenvalue weighted by Crippen LogP contribution is 2.16. The summed E-state index contributed by atoms with van der Waals surface area (Å²) in [5.74, 6) is 1.78. The van der Waals surface area contributed by atoms with Gasteiger partial charge in [0.1, 0.15) is 5.75 Å². The number of benzene rings is 1. The van der Waals surface area contributed by atoms with E-state index in [9.17, 15) is 4.21 Å². The van der Waals surface area contributed by atoms with Crippen molar-refractivity contribution in [2.75, 3.05) is 32.3 Å². The van der Waals surface area contributed by atoms with Crippen LogP contribution in [0.2, 0.25) is 0 Å². The van der Waals surface area contributed by atoms with E-state index in [4.69, 9.17) is 15.2 Å². The maximum absolute atomic E-state index is 11.6. The van der Waals surface area contributed by atoms with E-state index in [-0.39, 0.29) is 6.04 Å². The molecule has 0 saturated carbocycles. The first-order chi connectivity index (χ1) is 8.17. The fraction of sp³-hybridized carbons (Fsp3) is 0.500. The summed E-state index contributed by atoms with van der Waals surface area (Å²) >= 11 is 0. The van der Waals surface area contributed by atoms with Crippen molar-refractivity contribution in [1.29, 1.82) is 0 Å². The lowest BCUT2D eigenvalue weighted by atomic mass is 10.1. The zero-order chi connectivity index (χ0) is 12.7. The highest BCUT2D eigenvalue weighted by Gasteiger charge is 2.10. The molecule has 2 unspecified atom stereocenters. The normalized spacial score (nSPS) is 14.3. The van der Waals surface area contributed by atoms with E-state index >= 15 is 0 Å². The molecule has 4 nitrogen and oxygen atoms in total. The number of nitrogens with two attached hydrogens (primary N) is 1. The summed E-state index contributed by atoms with van der Waals surface area (Å²) in [5.41, 5.74) is 6.95. The highest BCUT2D eigenvalue weighted by molar-refractivity contribution is 7.85. The van der Waals surface area contributed by atoms with Crippen LogP contribution in [-0.4, -0.2) is 36.5 Å². The molecule has 0 aliphatic heterocycles. The van der Waals surface area contributed by atoms with Gasteiger partial charge in [-0.05, 0) is 17.7 Å². The fourth-order valence-corrected chi connectivity index (χ4v) is 2.52. The first-order valence-electron chi connectivity index (χ1n) is 5.40. The van der Waals surface area contributed by atoms with Crippen LogP contribution in [0.4, 0.5) is 0 Å². The van der Waals surface area contributed by atoms with E-state index in [0.29, 0.717) is 18.1 Å². The monoisotopic (exact) mass is 257 g/mol. The molecule has 2 N–H and O–H groups in total. The predicted octanol–water partition coefficient (Wildman–Crippen LogP) is 1.09. The van der Waals surface area contributed by atoms with Crippen LogP contribution in [0.25, 0.3) is 0 Å². The summed E-state index contributed by atoms with van der Waals surface area (Å²) in [6.45, 7) is 0.502. The van der Waals surface area contributed by atoms with Crippen LogP contribution in [0.1, 0.15) is 11.6 Å². The van der Waals surface area contributed by atoms with Gasteiger partial charge in [-0.25, -0.2) is 0 Å². The third-order valence-corrected chi connectivity index (χ3v) is 3.78. The summed E-state index contributed by atoms with van der Waals surface area (Å²) in [4.78, 5) is 0. The van der Waals surface area contributed by atoms with Gasteiger partial charge < -0.3 is 15.2 Å². The van der Waals surface area contributed by atoms with Gasteiger partial charge in [-0.1, -0.05) is 12.1 Å². The van der Waals surface area contributed by atoms with Crippen LogP contribution in [0, 0.1) is 0 Å². The van der Waals surface area contributed by atoms with Crippen molar-refractivity contribution in [3.63, 3.8) is 0 Å². The van der Waals surface area contributed by atoms with E-state index in [1.165, 1.54) is 0 Å². The molecular formula is C12H19NO3S. The van der Waals surface area contributed by atoms with Crippen LogP contribution < -0.4 is 10.5 Å². The number of hydrogen-bond acceptors (Lipinski definition) is 4. The SMILES string of the molecule is COCCS(=O)CC(N)c1ccc(OC)cc1. The van der Waals surface area contributed by atoms with Crippen molar-refractivity contribution in [3.8, 4) is 5.75 Å². The van der Waals surface area contributed by atoms with Gasteiger partial charge in [-0.3, -0.25) is 4.21 Å². The smallest absolute Gasteiger partial charge is 0.118 e. The van der Waals surface area contributed by atoms with Gasteiger partial charge in [0, 0.05) is 35.5 Å². The number of methoxy groups -OCH3 is 2. The van der Waals surface area contributed by atoms with Gasteiger partial charge >= 0.3 is 0 Å². The molecule has 0 aromatic heterocycles. The van der Waals surface area contributed by atoms with Crippen LogP contribution in [0.15, 0.2) is 24.3 Å². The third-order valence-electron chi connectivity index (χ3n) is 2.42. The Morgan fingerprint density at radius 2 is 1.94 bits per heavy atom. The van der Waals surface area contributed by atoms with Gasteiger partial charge in [0.05, 0.1) is 13.7 Å². The molecule has 96 valence electrons. The Morgan fingerprint density at radius 1 is 1.29 bits per heavy atom. The lowest BCUT2D eigenvalue weighted by Gasteiger charge is -2.12. The second-order valence-corrected chi connectivity index (χ2v) is 5.30. The van der Waals surface area contributed by atoms with E-state index in [1.54, 1.807) is 14.2 Å². The first kappa shape index (κ1) is 14.2. The maximum atomic E-state index is 11.6. The summed E-state index contributed by atoms with van der Waals surface area (Å²) < 4.78 is 21.6. The molecule has 0 radical (unpaired) electrons. The van der Waals surface area contributed by atoms with E-state index < -0.39 is 10.8 Å². The summed E-state index contributed by atoms with van der Waals surface area (Å²) in [6.07, 6.45) is 0.